The summed E-state index contributed by atoms with van der Waals surface area (Å²) in [6, 6.07) is 15.5. The number of hydrogen-bond acceptors (Lipinski definition) is 4. The standard InChI is InChI=1S/C22H20N4O2/c1-14-4-6-19(7-5-14)26-21(17-8-9-28-13-17)24-20(25-26)22(27)23-18-11-15(2)10-16(3)12-18/h4-13H,1-3H3,(H,23,27). The van der Waals surface area contributed by atoms with E-state index in [2.05, 4.69) is 21.5 Å². The number of carbonyl (C=O) groups excluding carboxylic acids is 1. The molecule has 6 nitrogen and oxygen atoms in total. The number of hydrogen-bond donors (Lipinski definition) is 1. The van der Waals surface area contributed by atoms with Gasteiger partial charge in [-0.2, -0.15) is 0 Å². The van der Waals surface area contributed by atoms with Crippen LogP contribution >= 0.6 is 0 Å². The van der Waals surface area contributed by atoms with E-state index in [1.165, 1.54) is 0 Å². The van der Waals surface area contributed by atoms with Gasteiger partial charge in [0.25, 0.3) is 5.91 Å². The Bertz CT molecular complexity index is 1110. The molecule has 4 rings (SSSR count). The molecule has 4 aromatic rings. The van der Waals surface area contributed by atoms with E-state index < -0.39 is 0 Å². The summed E-state index contributed by atoms with van der Waals surface area (Å²) in [4.78, 5) is 17.3. The SMILES string of the molecule is Cc1ccc(-n2nc(C(=O)Nc3cc(C)cc(C)c3)nc2-c2ccoc2)cc1. The van der Waals surface area contributed by atoms with Crippen LogP contribution < -0.4 is 5.32 Å². The molecule has 0 saturated heterocycles. The highest BCUT2D eigenvalue weighted by Gasteiger charge is 2.19. The summed E-state index contributed by atoms with van der Waals surface area (Å²) in [6.45, 7) is 6.00. The van der Waals surface area contributed by atoms with Crippen LogP contribution in [0, 0.1) is 20.8 Å². The second-order valence-corrected chi connectivity index (χ2v) is 6.85. The summed E-state index contributed by atoms with van der Waals surface area (Å²) in [5, 5.41) is 7.34. The molecule has 0 saturated carbocycles. The molecule has 28 heavy (non-hydrogen) atoms. The lowest BCUT2D eigenvalue weighted by molar-refractivity contribution is 0.101. The summed E-state index contributed by atoms with van der Waals surface area (Å²) >= 11 is 0. The number of anilines is 1. The van der Waals surface area contributed by atoms with E-state index >= 15 is 0 Å². The van der Waals surface area contributed by atoms with E-state index in [1.807, 2.05) is 57.2 Å². The lowest BCUT2D eigenvalue weighted by Crippen LogP contribution is -2.14. The van der Waals surface area contributed by atoms with Gasteiger partial charge in [-0.15, -0.1) is 5.10 Å². The molecule has 0 aliphatic carbocycles. The van der Waals surface area contributed by atoms with Gasteiger partial charge in [0.15, 0.2) is 5.82 Å². The van der Waals surface area contributed by atoms with Gasteiger partial charge in [0.1, 0.15) is 6.26 Å². The van der Waals surface area contributed by atoms with Gasteiger partial charge >= 0.3 is 0 Å². The highest BCUT2D eigenvalue weighted by Crippen LogP contribution is 2.22. The molecule has 0 aliphatic rings. The highest BCUT2D eigenvalue weighted by molar-refractivity contribution is 6.02. The molecule has 0 unspecified atom stereocenters. The quantitative estimate of drug-likeness (QED) is 0.563. The molecule has 6 heteroatoms. The minimum atomic E-state index is -0.361. The molecule has 2 aromatic carbocycles. The summed E-state index contributed by atoms with van der Waals surface area (Å²) in [5.41, 5.74) is 5.58. The van der Waals surface area contributed by atoms with Crippen LogP contribution in [-0.2, 0) is 0 Å². The summed E-state index contributed by atoms with van der Waals surface area (Å²) in [5.74, 6) is 0.278. The van der Waals surface area contributed by atoms with Gasteiger partial charge in [-0.3, -0.25) is 4.79 Å². The fourth-order valence-corrected chi connectivity index (χ4v) is 3.09. The monoisotopic (exact) mass is 372 g/mol. The number of nitrogens with zero attached hydrogens (tertiary/aromatic N) is 3. The largest absolute Gasteiger partial charge is 0.472 e. The van der Waals surface area contributed by atoms with Crippen LogP contribution in [0.1, 0.15) is 27.3 Å². The Hall–Kier alpha value is -3.67. The fraction of sp³-hybridized carbons (Fsp3) is 0.136. The third-order valence-electron chi connectivity index (χ3n) is 4.35. The number of rotatable bonds is 4. The van der Waals surface area contributed by atoms with Crippen molar-refractivity contribution in [3.63, 3.8) is 0 Å². The number of benzene rings is 2. The first kappa shape index (κ1) is 17.7. The van der Waals surface area contributed by atoms with Gasteiger partial charge in [-0.1, -0.05) is 23.8 Å². The van der Waals surface area contributed by atoms with Crippen LogP contribution in [0.2, 0.25) is 0 Å². The number of carbonyl (C=O) groups is 1. The third kappa shape index (κ3) is 3.57. The van der Waals surface area contributed by atoms with Gasteiger partial charge in [-0.25, -0.2) is 9.67 Å². The predicted molar refractivity (Wildman–Crippen MR) is 108 cm³/mol. The topological polar surface area (TPSA) is 73.0 Å². The van der Waals surface area contributed by atoms with E-state index in [4.69, 9.17) is 4.42 Å². The smallest absolute Gasteiger partial charge is 0.295 e. The maximum Gasteiger partial charge on any atom is 0.295 e. The minimum Gasteiger partial charge on any atom is -0.472 e. The molecule has 2 aromatic heterocycles. The van der Waals surface area contributed by atoms with Crippen LogP contribution in [0.5, 0.6) is 0 Å². The maximum atomic E-state index is 12.8. The van der Waals surface area contributed by atoms with Crippen LogP contribution in [0.4, 0.5) is 5.69 Å². The first-order valence-corrected chi connectivity index (χ1v) is 8.96. The van der Waals surface area contributed by atoms with Gasteiger partial charge in [0.2, 0.25) is 5.82 Å². The van der Waals surface area contributed by atoms with Crippen molar-refractivity contribution in [2.24, 2.45) is 0 Å². The number of amides is 1. The lowest BCUT2D eigenvalue weighted by atomic mass is 10.1. The summed E-state index contributed by atoms with van der Waals surface area (Å²) in [6.07, 6.45) is 3.15. The lowest BCUT2D eigenvalue weighted by Gasteiger charge is -2.05. The number of nitrogens with one attached hydrogen (secondary N) is 1. The molecule has 2 heterocycles. The van der Waals surface area contributed by atoms with Crippen molar-refractivity contribution in [3.8, 4) is 17.1 Å². The zero-order chi connectivity index (χ0) is 19.7. The van der Waals surface area contributed by atoms with Crippen molar-refractivity contribution in [2.45, 2.75) is 20.8 Å². The van der Waals surface area contributed by atoms with Gasteiger partial charge in [0, 0.05) is 5.69 Å². The molecule has 140 valence electrons. The van der Waals surface area contributed by atoms with Crippen molar-refractivity contribution < 1.29 is 9.21 Å². The Morgan fingerprint density at radius 2 is 1.68 bits per heavy atom. The number of aryl methyl sites for hydroxylation is 3. The average Bonchev–Trinajstić information content (AvgIpc) is 3.31. The zero-order valence-corrected chi connectivity index (χ0v) is 15.9. The Morgan fingerprint density at radius 1 is 0.964 bits per heavy atom. The predicted octanol–water partition coefficient (Wildman–Crippen LogP) is 4.70. The second-order valence-electron chi connectivity index (χ2n) is 6.85. The molecule has 1 N–H and O–H groups in total. The van der Waals surface area contributed by atoms with Crippen LogP contribution in [0.15, 0.2) is 65.5 Å². The second kappa shape index (κ2) is 7.15. The van der Waals surface area contributed by atoms with Crippen molar-refractivity contribution in [3.05, 3.63) is 83.6 Å². The molecule has 0 aliphatic heterocycles. The highest BCUT2D eigenvalue weighted by atomic mass is 16.3. The van der Waals surface area contributed by atoms with Gasteiger partial charge < -0.3 is 9.73 Å². The molecule has 0 atom stereocenters. The molecular formula is C22H20N4O2. The van der Waals surface area contributed by atoms with Crippen LogP contribution in [0.25, 0.3) is 17.1 Å². The Balaban J connectivity index is 1.72. The van der Waals surface area contributed by atoms with Crippen molar-refractivity contribution in [2.75, 3.05) is 5.32 Å². The zero-order valence-electron chi connectivity index (χ0n) is 15.9. The van der Waals surface area contributed by atoms with Crippen molar-refractivity contribution >= 4 is 11.6 Å². The summed E-state index contributed by atoms with van der Waals surface area (Å²) in [7, 11) is 0. The van der Waals surface area contributed by atoms with Crippen LogP contribution in [0.3, 0.4) is 0 Å². The first-order valence-electron chi connectivity index (χ1n) is 8.96. The molecule has 0 bridgehead atoms. The molecule has 0 radical (unpaired) electrons. The van der Waals surface area contributed by atoms with Gasteiger partial charge in [-0.05, 0) is 62.2 Å². The van der Waals surface area contributed by atoms with E-state index in [0.717, 1.165) is 33.6 Å². The van der Waals surface area contributed by atoms with E-state index in [1.54, 1.807) is 23.3 Å². The van der Waals surface area contributed by atoms with E-state index in [0.29, 0.717) is 5.82 Å². The molecular weight excluding hydrogens is 352 g/mol. The molecule has 0 fully saturated rings. The summed E-state index contributed by atoms with van der Waals surface area (Å²) < 4.78 is 6.84. The Kier molecular flexibility index (Phi) is 4.53. The molecule has 0 spiro atoms. The van der Waals surface area contributed by atoms with Crippen molar-refractivity contribution in [1.82, 2.24) is 14.8 Å². The maximum absolute atomic E-state index is 12.8. The normalized spacial score (nSPS) is 10.8. The number of aromatic nitrogens is 3. The molecule has 1 amide bonds. The van der Waals surface area contributed by atoms with E-state index in [-0.39, 0.29) is 11.7 Å². The Morgan fingerprint density at radius 3 is 2.32 bits per heavy atom. The fourth-order valence-electron chi connectivity index (χ4n) is 3.09. The first-order chi connectivity index (χ1) is 13.5. The Labute approximate surface area is 162 Å². The number of furan rings is 1. The third-order valence-corrected chi connectivity index (χ3v) is 4.35. The van der Waals surface area contributed by atoms with Crippen LogP contribution in [-0.4, -0.2) is 20.7 Å². The average molecular weight is 372 g/mol. The van der Waals surface area contributed by atoms with E-state index in [9.17, 15) is 4.79 Å². The van der Waals surface area contributed by atoms with Crippen molar-refractivity contribution in [1.29, 1.82) is 0 Å². The van der Waals surface area contributed by atoms with Gasteiger partial charge in [0.05, 0.1) is 17.5 Å². The minimum absolute atomic E-state index is 0.0935.